The highest BCUT2D eigenvalue weighted by Crippen LogP contribution is 2.27. The number of pyridine rings is 1. The maximum Gasteiger partial charge on any atom is 0.274 e. The van der Waals surface area contributed by atoms with Crippen molar-refractivity contribution in [2.75, 3.05) is 14.1 Å². The van der Waals surface area contributed by atoms with Crippen LogP contribution in [0, 0.1) is 0 Å². The molecule has 0 unspecified atom stereocenters. The van der Waals surface area contributed by atoms with Gasteiger partial charge in [0.1, 0.15) is 0 Å². The number of aromatic nitrogens is 3. The summed E-state index contributed by atoms with van der Waals surface area (Å²) in [5, 5.41) is 1.96. The van der Waals surface area contributed by atoms with Gasteiger partial charge < -0.3 is 4.90 Å². The van der Waals surface area contributed by atoms with Gasteiger partial charge in [0.05, 0.1) is 5.69 Å². The lowest BCUT2D eigenvalue weighted by Gasteiger charge is -2.10. The van der Waals surface area contributed by atoms with Gasteiger partial charge in [-0.05, 0) is 12.1 Å². The fourth-order valence-electron chi connectivity index (χ4n) is 1.93. The fraction of sp³-hybridized carbons (Fsp3) is 0.154. The quantitative estimate of drug-likeness (QED) is 0.718. The summed E-state index contributed by atoms with van der Waals surface area (Å²) in [6.07, 6.45) is 5.35. The van der Waals surface area contributed by atoms with E-state index in [4.69, 9.17) is 0 Å². The average molecular weight is 272 g/mol. The van der Waals surface area contributed by atoms with E-state index in [0.29, 0.717) is 5.69 Å². The van der Waals surface area contributed by atoms with Crippen molar-refractivity contribution in [3.05, 3.63) is 41.8 Å². The van der Waals surface area contributed by atoms with Gasteiger partial charge in [0, 0.05) is 43.6 Å². The Balaban J connectivity index is 2.28. The molecule has 0 fully saturated rings. The number of nitrogens with zero attached hydrogens (tertiary/aromatic N) is 4. The first-order valence-corrected chi connectivity index (χ1v) is 6.64. The van der Waals surface area contributed by atoms with Crippen molar-refractivity contribution in [1.82, 2.24) is 19.3 Å². The Morgan fingerprint density at radius 2 is 2.05 bits per heavy atom. The first kappa shape index (κ1) is 11.9. The van der Waals surface area contributed by atoms with Gasteiger partial charge in [-0.1, -0.05) is 0 Å². The van der Waals surface area contributed by atoms with Crippen molar-refractivity contribution >= 4 is 22.2 Å². The molecule has 3 heterocycles. The molecule has 0 aliphatic heterocycles. The second-order valence-corrected chi connectivity index (χ2v) is 5.17. The number of rotatable bonds is 2. The van der Waals surface area contributed by atoms with Crippen LogP contribution in [0.1, 0.15) is 10.5 Å². The molecule has 0 aromatic carbocycles. The lowest BCUT2D eigenvalue weighted by Crippen LogP contribution is -2.22. The largest absolute Gasteiger partial charge is 0.343 e. The fourth-order valence-corrected chi connectivity index (χ4v) is 2.65. The minimum absolute atomic E-state index is 0.0947. The molecule has 0 spiro atoms. The monoisotopic (exact) mass is 272 g/mol. The van der Waals surface area contributed by atoms with Crippen LogP contribution in [-0.4, -0.2) is 39.3 Å². The molecular weight excluding hydrogens is 260 g/mol. The van der Waals surface area contributed by atoms with E-state index in [-0.39, 0.29) is 5.91 Å². The Labute approximate surface area is 114 Å². The van der Waals surface area contributed by atoms with Crippen LogP contribution >= 0.6 is 11.3 Å². The predicted molar refractivity (Wildman–Crippen MR) is 74.3 cm³/mol. The zero-order chi connectivity index (χ0) is 13.4. The molecule has 0 aliphatic rings. The molecule has 3 aromatic rings. The van der Waals surface area contributed by atoms with Crippen molar-refractivity contribution in [3.63, 3.8) is 0 Å². The number of thiazole rings is 1. The second-order valence-electron chi connectivity index (χ2n) is 4.30. The Bertz CT molecular complexity index is 730. The SMILES string of the molecule is CN(C)C(=O)c1nc2sccn2c1-c1ccncc1. The summed E-state index contributed by atoms with van der Waals surface area (Å²) in [4.78, 5) is 23.1. The van der Waals surface area contributed by atoms with Crippen LogP contribution in [-0.2, 0) is 0 Å². The Morgan fingerprint density at radius 1 is 1.32 bits per heavy atom. The molecule has 3 aromatic heterocycles. The minimum atomic E-state index is -0.0947. The smallest absolute Gasteiger partial charge is 0.274 e. The topological polar surface area (TPSA) is 50.5 Å². The van der Waals surface area contributed by atoms with E-state index in [0.717, 1.165) is 16.2 Å². The average Bonchev–Trinajstić information content (AvgIpc) is 2.98. The lowest BCUT2D eigenvalue weighted by molar-refractivity contribution is 0.0823. The zero-order valence-corrected chi connectivity index (χ0v) is 11.4. The van der Waals surface area contributed by atoms with Crippen LogP contribution in [0.25, 0.3) is 16.2 Å². The van der Waals surface area contributed by atoms with Gasteiger partial charge in [-0.3, -0.25) is 14.2 Å². The summed E-state index contributed by atoms with van der Waals surface area (Å²) in [7, 11) is 3.46. The summed E-state index contributed by atoms with van der Waals surface area (Å²) in [5.74, 6) is -0.0947. The van der Waals surface area contributed by atoms with E-state index in [1.54, 1.807) is 26.5 Å². The summed E-state index contributed by atoms with van der Waals surface area (Å²) >= 11 is 1.51. The molecule has 0 bridgehead atoms. The number of fused-ring (bicyclic) bond motifs is 1. The molecule has 3 rings (SSSR count). The van der Waals surface area contributed by atoms with E-state index in [9.17, 15) is 4.79 Å². The highest BCUT2D eigenvalue weighted by atomic mass is 32.1. The van der Waals surface area contributed by atoms with Crippen molar-refractivity contribution in [3.8, 4) is 11.3 Å². The first-order chi connectivity index (χ1) is 9.18. The standard InChI is InChI=1S/C13H12N4OS/c1-16(2)12(18)10-11(9-3-5-14-6-4-9)17-7-8-19-13(17)15-10/h3-8H,1-2H3. The van der Waals surface area contributed by atoms with Crippen molar-refractivity contribution in [2.24, 2.45) is 0 Å². The van der Waals surface area contributed by atoms with E-state index >= 15 is 0 Å². The molecule has 19 heavy (non-hydrogen) atoms. The maximum atomic E-state index is 12.2. The number of amides is 1. The second kappa shape index (κ2) is 4.47. The lowest BCUT2D eigenvalue weighted by atomic mass is 10.1. The van der Waals surface area contributed by atoms with Crippen LogP contribution in [0.5, 0.6) is 0 Å². The van der Waals surface area contributed by atoms with Gasteiger partial charge >= 0.3 is 0 Å². The minimum Gasteiger partial charge on any atom is -0.343 e. The third-order valence-electron chi connectivity index (χ3n) is 2.82. The molecule has 0 aliphatic carbocycles. The maximum absolute atomic E-state index is 12.2. The van der Waals surface area contributed by atoms with Crippen LogP contribution < -0.4 is 0 Å². The molecule has 1 amide bonds. The van der Waals surface area contributed by atoms with Gasteiger partial charge in [0.15, 0.2) is 10.7 Å². The van der Waals surface area contributed by atoms with Crippen LogP contribution in [0.15, 0.2) is 36.1 Å². The molecule has 0 atom stereocenters. The highest BCUT2D eigenvalue weighted by molar-refractivity contribution is 7.15. The molecule has 0 N–H and O–H groups in total. The normalized spacial score (nSPS) is 10.8. The molecule has 5 nitrogen and oxygen atoms in total. The third-order valence-corrected chi connectivity index (χ3v) is 3.58. The summed E-state index contributed by atoms with van der Waals surface area (Å²) < 4.78 is 1.94. The number of hydrogen-bond donors (Lipinski definition) is 0. The number of hydrogen-bond acceptors (Lipinski definition) is 4. The number of imidazole rings is 1. The van der Waals surface area contributed by atoms with Gasteiger partial charge in [-0.25, -0.2) is 4.98 Å². The number of carbonyl (C=O) groups excluding carboxylic acids is 1. The molecule has 6 heteroatoms. The van der Waals surface area contributed by atoms with Crippen LogP contribution in [0.3, 0.4) is 0 Å². The van der Waals surface area contributed by atoms with E-state index in [1.165, 1.54) is 16.2 Å². The molecule has 0 saturated heterocycles. The van der Waals surface area contributed by atoms with Gasteiger partial charge in [0.25, 0.3) is 5.91 Å². The summed E-state index contributed by atoms with van der Waals surface area (Å²) in [5.41, 5.74) is 2.23. The van der Waals surface area contributed by atoms with E-state index in [1.807, 2.05) is 28.1 Å². The van der Waals surface area contributed by atoms with E-state index in [2.05, 4.69) is 9.97 Å². The van der Waals surface area contributed by atoms with Crippen molar-refractivity contribution in [2.45, 2.75) is 0 Å². The van der Waals surface area contributed by atoms with Crippen molar-refractivity contribution in [1.29, 1.82) is 0 Å². The predicted octanol–water partition coefficient (Wildman–Crippen LogP) is 2.16. The third kappa shape index (κ3) is 1.90. The Hall–Kier alpha value is -2.21. The Kier molecular flexibility index (Phi) is 2.79. The molecule has 0 radical (unpaired) electrons. The number of carbonyl (C=O) groups is 1. The highest BCUT2D eigenvalue weighted by Gasteiger charge is 2.21. The van der Waals surface area contributed by atoms with E-state index < -0.39 is 0 Å². The summed E-state index contributed by atoms with van der Waals surface area (Å²) in [6.45, 7) is 0. The van der Waals surface area contributed by atoms with Crippen LogP contribution in [0.4, 0.5) is 0 Å². The first-order valence-electron chi connectivity index (χ1n) is 5.76. The molecule has 96 valence electrons. The van der Waals surface area contributed by atoms with Gasteiger partial charge in [0.2, 0.25) is 0 Å². The zero-order valence-electron chi connectivity index (χ0n) is 10.6. The molecular formula is C13H12N4OS. The molecule has 0 saturated carbocycles. The summed E-state index contributed by atoms with van der Waals surface area (Å²) in [6, 6.07) is 3.76. The Morgan fingerprint density at radius 3 is 2.74 bits per heavy atom. The van der Waals surface area contributed by atoms with Gasteiger partial charge in [-0.2, -0.15) is 0 Å². The van der Waals surface area contributed by atoms with Gasteiger partial charge in [-0.15, -0.1) is 11.3 Å². The van der Waals surface area contributed by atoms with Crippen LogP contribution in [0.2, 0.25) is 0 Å². The van der Waals surface area contributed by atoms with Crippen molar-refractivity contribution < 1.29 is 4.79 Å².